The van der Waals surface area contributed by atoms with Crippen molar-refractivity contribution in [3.05, 3.63) is 75.8 Å². The van der Waals surface area contributed by atoms with Gasteiger partial charge in [-0.25, -0.2) is 5.48 Å². The quantitative estimate of drug-likeness (QED) is 0.332. The number of hydroxylamine groups is 1. The number of aliphatic hydroxyl groups is 1. The molecular formula is C23H27ClN2O3. The van der Waals surface area contributed by atoms with E-state index in [9.17, 15) is 9.90 Å². The highest BCUT2D eigenvalue weighted by Crippen LogP contribution is 2.36. The fourth-order valence-corrected chi connectivity index (χ4v) is 4.05. The standard InChI is InChI=1S/C23H27ClN2O3/c24-20-7-2-17(3-8-20)12-14-26(13-1-15-27)22-10-6-19-16-18(4-9-21(19)22)5-11-23(28)25-29/h2-5,7-9,11,16,22,27,29H,1,6,10,12-15H2,(H,25,28). The van der Waals surface area contributed by atoms with Crippen LogP contribution in [0.3, 0.4) is 0 Å². The van der Waals surface area contributed by atoms with Crippen molar-refractivity contribution < 1.29 is 15.1 Å². The Morgan fingerprint density at radius 1 is 1.21 bits per heavy atom. The van der Waals surface area contributed by atoms with Crippen LogP contribution in [0.25, 0.3) is 6.08 Å². The molecule has 0 fully saturated rings. The van der Waals surface area contributed by atoms with Gasteiger partial charge in [-0.3, -0.25) is 14.9 Å². The van der Waals surface area contributed by atoms with Crippen molar-refractivity contribution in [1.29, 1.82) is 0 Å². The van der Waals surface area contributed by atoms with Crippen molar-refractivity contribution in [2.45, 2.75) is 31.7 Å². The van der Waals surface area contributed by atoms with Gasteiger partial charge in [0, 0.05) is 36.8 Å². The number of amides is 1. The number of nitrogens with zero attached hydrogens (tertiary/aromatic N) is 1. The highest BCUT2D eigenvalue weighted by atomic mass is 35.5. The van der Waals surface area contributed by atoms with Crippen molar-refractivity contribution in [1.82, 2.24) is 10.4 Å². The summed E-state index contributed by atoms with van der Waals surface area (Å²) < 4.78 is 0. The first-order valence-electron chi connectivity index (χ1n) is 9.95. The number of carbonyl (C=O) groups excluding carboxylic acids is 1. The van der Waals surface area contributed by atoms with E-state index < -0.39 is 5.91 Å². The largest absolute Gasteiger partial charge is 0.396 e. The van der Waals surface area contributed by atoms with Crippen molar-refractivity contribution in [2.24, 2.45) is 0 Å². The topological polar surface area (TPSA) is 72.8 Å². The van der Waals surface area contributed by atoms with Crippen molar-refractivity contribution in [3.8, 4) is 0 Å². The van der Waals surface area contributed by atoms with Crippen molar-refractivity contribution in [2.75, 3.05) is 19.7 Å². The van der Waals surface area contributed by atoms with E-state index in [1.165, 1.54) is 22.8 Å². The Balaban J connectivity index is 1.72. The van der Waals surface area contributed by atoms with Gasteiger partial charge in [-0.15, -0.1) is 0 Å². The van der Waals surface area contributed by atoms with E-state index in [0.29, 0.717) is 6.04 Å². The summed E-state index contributed by atoms with van der Waals surface area (Å²) in [6.07, 6.45) is 6.74. The third-order valence-corrected chi connectivity index (χ3v) is 5.65. The highest BCUT2D eigenvalue weighted by molar-refractivity contribution is 6.30. The van der Waals surface area contributed by atoms with E-state index in [0.717, 1.165) is 49.4 Å². The van der Waals surface area contributed by atoms with Crippen LogP contribution >= 0.6 is 11.6 Å². The molecule has 0 bridgehead atoms. The van der Waals surface area contributed by atoms with Gasteiger partial charge in [0.05, 0.1) is 0 Å². The van der Waals surface area contributed by atoms with E-state index >= 15 is 0 Å². The zero-order valence-corrected chi connectivity index (χ0v) is 17.1. The molecule has 3 N–H and O–H groups in total. The molecule has 1 unspecified atom stereocenters. The average Bonchev–Trinajstić information content (AvgIpc) is 3.16. The van der Waals surface area contributed by atoms with E-state index in [2.05, 4.69) is 29.2 Å². The zero-order chi connectivity index (χ0) is 20.6. The fraction of sp³-hybridized carbons (Fsp3) is 0.348. The Morgan fingerprint density at radius 3 is 2.72 bits per heavy atom. The number of aliphatic hydroxyl groups excluding tert-OH is 1. The van der Waals surface area contributed by atoms with Crippen LogP contribution in [-0.2, 0) is 17.6 Å². The van der Waals surface area contributed by atoms with Gasteiger partial charge < -0.3 is 5.11 Å². The number of aryl methyl sites for hydroxylation is 1. The SMILES string of the molecule is O=C(C=Cc1ccc2c(c1)CCC2N(CCCO)CCc1ccc(Cl)cc1)NO. The van der Waals surface area contributed by atoms with Crippen LogP contribution in [0.1, 0.15) is 41.1 Å². The van der Waals surface area contributed by atoms with E-state index in [-0.39, 0.29) is 6.61 Å². The van der Waals surface area contributed by atoms with Gasteiger partial charge in [0.1, 0.15) is 0 Å². The summed E-state index contributed by atoms with van der Waals surface area (Å²) >= 11 is 5.99. The lowest BCUT2D eigenvalue weighted by Crippen LogP contribution is -2.31. The summed E-state index contributed by atoms with van der Waals surface area (Å²) in [5, 5.41) is 18.7. The van der Waals surface area contributed by atoms with Crippen molar-refractivity contribution >= 4 is 23.6 Å². The minimum absolute atomic E-state index is 0.188. The first-order chi connectivity index (χ1) is 14.1. The monoisotopic (exact) mass is 414 g/mol. The molecule has 0 saturated carbocycles. The van der Waals surface area contributed by atoms with Gasteiger partial charge in [0.25, 0.3) is 5.91 Å². The molecule has 0 radical (unpaired) electrons. The number of carbonyl (C=O) groups is 1. The van der Waals surface area contributed by atoms with Gasteiger partial charge in [0.15, 0.2) is 0 Å². The molecule has 1 aliphatic carbocycles. The number of hydrogen-bond acceptors (Lipinski definition) is 4. The number of rotatable bonds is 9. The minimum Gasteiger partial charge on any atom is -0.396 e. The third kappa shape index (κ3) is 5.90. The molecule has 5 nitrogen and oxygen atoms in total. The Kier molecular flexibility index (Phi) is 7.83. The molecule has 1 amide bonds. The second kappa shape index (κ2) is 10.6. The summed E-state index contributed by atoms with van der Waals surface area (Å²) in [5.41, 5.74) is 6.41. The Hall–Kier alpha value is -2.18. The summed E-state index contributed by atoms with van der Waals surface area (Å²) in [6, 6.07) is 14.6. The lowest BCUT2D eigenvalue weighted by molar-refractivity contribution is -0.124. The van der Waals surface area contributed by atoms with Gasteiger partial charge in [-0.2, -0.15) is 0 Å². The molecule has 0 aliphatic heterocycles. The minimum atomic E-state index is -0.541. The lowest BCUT2D eigenvalue weighted by atomic mass is 10.0. The molecular weight excluding hydrogens is 388 g/mol. The van der Waals surface area contributed by atoms with E-state index in [4.69, 9.17) is 16.8 Å². The van der Waals surface area contributed by atoms with Crippen LogP contribution in [0.5, 0.6) is 0 Å². The Bertz CT molecular complexity index is 852. The summed E-state index contributed by atoms with van der Waals surface area (Å²) in [5.74, 6) is -0.541. The predicted octanol–water partition coefficient (Wildman–Crippen LogP) is 3.77. The van der Waals surface area contributed by atoms with Gasteiger partial charge >= 0.3 is 0 Å². The molecule has 29 heavy (non-hydrogen) atoms. The smallest absolute Gasteiger partial charge is 0.267 e. The molecule has 0 saturated heterocycles. The molecule has 3 rings (SSSR count). The Morgan fingerprint density at radius 2 is 2.00 bits per heavy atom. The summed E-state index contributed by atoms with van der Waals surface area (Å²) in [4.78, 5) is 13.6. The third-order valence-electron chi connectivity index (χ3n) is 5.40. The predicted molar refractivity (Wildman–Crippen MR) is 115 cm³/mol. The molecule has 6 heteroatoms. The highest BCUT2D eigenvalue weighted by Gasteiger charge is 2.27. The second-order valence-electron chi connectivity index (χ2n) is 7.31. The lowest BCUT2D eigenvalue weighted by Gasteiger charge is -2.29. The van der Waals surface area contributed by atoms with E-state index in [1.54, 1.807) is 11.6 Å². The molecule has 2 aromatic carbocycles. The normalized spacial score (nSPS) is 15.8. The molecule has 1 atom stereocenters. The maximum absolute atomic E-state index is 11.2. The number of nitrogens with one attached hydrogen (secondary N) is 1. The van der Waals surface area contributed by atoms with Gasteiger partial charge in [0.2, 0.25) is 0 Å². The molecule has 0 heterocycles. The number of fused-ring (bicyclic) bond motifs is 1. The number of benzene rings is 2. The van der Waals surface area contributed by atoms with Crippen LogP contribution in [0.2, 0.25) is 5.02 Å². The molecule has 0 spiro atoms. The average molecular weight is 415 g/mol. The van der Waals surface area contributed by atoms with Crippen molar-refractivity contribution in [3.63, 3.8) is 0 Å². The second-order valence-corrected chi connectivity index (χ2v) is 7.75. The fourth-order valence-electron chi connectivity index (χ4n) is 3.93. The Labute approximate surface area is 176 Å². The first-order valence-corrected chi connectivity index (χ1v) is 10.3. The summed E-state index contributed by atoms with van der Waals surface area (Å²) in [6.45, 7) is 1.96. The molecule has 154 valence electrons. The molecule has 2 aromatic rings. The van der Waals surface area contributed by atoms with Crippen LogP contribution in [0.4, 0.5) is 0 Å². The molecule has 0 aromatic heterocycles. The van der Waals surface area contributed by atoms with Crippen LogP contribution in [0, 0.1) is 0 Å². The number of halogens is 1. The number of hydrogen-bond donors (Lipinski definition) is 3. The van der Waals surface area contributed by atoms with E-state index in [1.807, 2.05) is 18.2 Å². The van der Waals surface area contributed by atoms with Crippen LogP contribution < -0.4 is 5.48 Å². The van der Waals surface area contributed by atoms with Crippen LogP contribution in [0.15, 0.2) is 48.5 Å². The van der Waals surface area contributed by atoms with Gasteiger partial charge in [-0.05, 0) is 66.1 Å². The van der Waals surface area contributed by atoms with Crippen LogP contribution in [-0.4, -0.2) is 40.8 Å². The zero-order valence-electron chi connectivity index (χ0n) is 16.4. The maximum atomic E-state index is 11.2. The van der Waals surface area contributed by atoms with Gasteiger partial charge in [-0.1, -0.05) is 41.9 Å². The molecule has 1 aliphatic rings. The first kappa shape index (κ1) is 21.5. The maximum Gasteiger partial charge on any atom is 0.267 e. The summed E-state index contributed by atoms with van der Waals surface area (Å²) in [7, 11) is 0.